The smallest absolute Gasteiger partial charge is 0.339 e. The molecular weight excluding hydrogens is 407 g/mol. The molecule has 0 aliphatic rings. The third kappa shape index (κ3) is 2.87. The lowest BCUT2D eigenvalue weighted by Crippen LogP contribution is -2.07. The number of carboxylic acid groups (broad SMARTS) is 1. The minimum atomic E-state index is -1.13. The van der Waals surface area contributed by atoms with Crippen LogP contribution in [0.2, 0.25) is 10.0 Å². The predicted octanol–water partition coefficient (Wildman–Crippen LogP) is 4.55. The van der Waals surface area contributed by atoms with Crippen molar-refractivity contribution in [3.8, 4) is 0 Å². The molecule has 0 amide bonds. The highest BCUT2D eigenvalue weighted by Gasteiger charge is 2.20. The van der Waals surface area contributed by atoms with E-state index in [1.54, 1.807) is 25.1 Å². The van der Waals surface area contributed by atoms with Crippen LogP contribution in [0.4, 0.5) is 11.4 Å². The SMILES string of the molecule is Cc1nnc2c(Cl)c(Nc3ccc(Br)cc3Cl)c(C(=O)O)cn12. The number of pyridine rings is 1. The topological polar surface area (TPSA) is 79.5 Å². The van der Waals surface area contributed by atoms with Crippen LogP contribution in [-0.2, 0) is 0 Å². The Morgan fingerprint density at radius 3 is 2.74 bits per heavy atom. The molecule has 0 fully saturated rings. The maximum Gasteiger partial charge on any atom is 0.339 e. The molecule has 2 N–H and O–H groups in total. The van der Waals surface area contributed by atoms with Crippen molar-refractivity contribution in [3.05, 3.63) is 50.3 Å². The largest absolute Gasteiger partial charge is 0.478 e. The molecular formula is C14H9BrCl2N4O2. The van der Waals surface area contributed by atoms with Gasteiger partial charge in [-0.1, -0.05) is 39.1 Å². The quantitative estimate of drug-likeness (QED) is 0.655. The molecule has 2 heterocycles. The van der Waals surface area contributed by atoms with Gasteiger partial charge in [-0.3, -0.25) is 4.40 Å². The van der Waals surface area contributed by atoms with Crippen LogP contribution in [0.5, 0.6) is 0 Å². The number of nitrogens with one attached hydrogen (secondary N) is 1. The van der Waals surface area contributed by atoms with E-state index in [-0.39, 0.29) is 16.3 Å². The highest BCUT2D eigenvalue weighted by molar-refractivity contribution is 9.10. The van der Waals surface area contributed by atoms with Gasteiger partial charge in [-0.25, -0.2) is 4.79 Å². The fourth-order valence-electron chi connectivity index (χ4n) is 2.11. The fraction of sp³-hybridized carbons (Fsp3) is 0.0714. The Labute approximate surface area is 149 Å². The van der Waals surface area contributed by atoms with Crippen molar-refractivity contribution in [1.29, 1.82) is 0 Å². The summed E-state index contributed by atoms with van der Waals surface area (Å²) < 4.78 is 2.33. The summed E-state index contributed by atoms with van der Waals surface area (Å²) in [5, 5.41) is 20.9. The highest BCUT2D eigenvalue weighted by Crippen LogP contribution is 2.35. The molecule has 9 heteroatoms. The molecule has 0 aliphatic carbocycles. The summed E-state index contributed by atoms with van der Waals surface area (Å²) in [7, 11) is 0. The number of halogens is 3. The normalized spacial score (nSPS) is 11.0. The zero-order valence-electron chi connectivity index (χ0n) is 11.6. The number of aromatic carboxylic acids is 1. The molecule has 0 unspecified atom stereocenters. The van der Waals surface area contributed by atoms with E-state index in [4.69, 9.17) is 23.2 Å². The lowest BCUT2D eigenvalue weighted by atomic mass is 10.2. The van der Waals surface area contributed by atoms with Crippen molar-refractivity contribution in [3.63, 3.8) is 0 Å². The van der Waals surface area contributed by atoms with E-state index in [1.165, 1.54) is 10.6 Å². The zero-order valence-corrected chi connectivity index (χ0v) is 14.7. The molecule has 6 nitrogen and oxygen atoms in total. The molecule has 3 rings (SSSR count). The Hall–Kier alpha value is -1.83. The first kappa shape index (κ1) is 16.0. The van der Waals surface area contributed by atoms with Gasteiger partial charge in [-0.15, -0.1) is 10.2 Å². The summed E-state index contributed by atoms with van der Waals surface area (Å²) in [5.41, 5.74) is 1.09. The van der Waals surface area contributed by atoms with Crippen LogP contribution in [-0.4, -0.2) is 25.7 Å². The van der Waals surface area contributed by atoms with E-state index < -0.39 is 5.97 Å². The number of hydrogen-bond acceptors (Lipinski definition) is 4. The van der Waals surface area contributed by atoms with Crippen molar-refractivity contribution in [2.45, 2.75) is 6.92 Å². The molecule has 0 bridgehead atoms. The van der Waals surface area contributed by atoms with Gasteiger partial charge < -0.3 is 10.4 Å². The second-order valence-electron chi connectivity index (χ2n) is 4.73. The number of anilines is 2. The fourth-order valence-corrected chi connectivity index (χ4v) is 3.11. The summed E-state index contributed by atoms with van der Waals surface area (Å²) in [6.45, 7) is 1.71. The lowest BCUT2D eigenvalue weighted by molar-refractivity contribution is 0.0697. The third-order valence-electron chi connectivity index (χ3n) is 3.23. The van der Waals surface area contributed by atoms with Crippen molar-refractivity contribution in [2.24, 2.45) is 0 Å². The number of benzene rings is 1. The average Bonchev–Trinajstić information content (AvgIpc) is 2.85. The van der Waals surface area contributed by atoms with Gasteiger partial charge in [-0.05, 0) is 25.1 Å². The minimum absolute atomic E-state index is 0.00983. The molecule has 0 atom stereocenters. The number of aryl methyl sites for hydroxylation is 1. The van der Waals surface area contributed by atoms with E-state index in [9.17, 15) is 9.90 Å². The van der Waals surface area contributed by atoms with Gasteiger partial charge in [0.05, 0.1) is 16.4 Å². The number of hydrogen-bond donors (Lipinski definition) is 2. The number of nitrogens with zero attached hydrogens (tertiary/aromatic N) is 3. The van der Waals surface area contributed by atoms with E-state index in [2.05, 4.69) is 31.4 Å². The summed E-state index contributed by atoms with van der Waals surface area (Å²) in [5.74, 6) is -0.588. The van der Waals surface area contributed by atoms with Crippen molar-refractivity contribution in [2.75, 3.05) is 5.32 Å². The standard InChI is InChI=1S/C14H9BrCl2N4O2/c1-6-19-20-13-11(17)12(8(14(22)23)5-21(6)13)18-10-3-2-7(15)4-9(10)16/h2-5,18H,1H3,(H,22,23). The van der Waals surface area contributed by atoms with E-state index in [0.29, 0.717) is 22.2 Å². The minimum Gasteiger partial charge on any atom is -0.478 e. The monoisotopic (exact) mass is 414 g/mol. The maximum atomic E-state index is 11.6. The molecule has 0 saturated carbocycles. The number of fused-ring (bicyclic) bond motifs is 1. The number of carbonyl (C=O) groups is 1. The number of aromatic nitrogens is 3. The molecule has 0 spiro atoms. The molecule has 0 radical (unpaired) electrons. The van der Waals surface area contributed by atoms with Gasteiger partial charge in [0.25, 0.3) is 0 Å². The highest BCUT2D eigenvalue weighted by atomic mass is 79.9. The summed E-state index contributed by atoms with van der Waals surface area (Å²) in [6.07, 6.45) is 1.42. The van der Waals surface area contributed by atoms with Crippen molar-refractivity contribution < 1.29 is 9.90 Å². The van der Waals surface area contributed by atoms with Crippen LogP contribution in [0.15, 0.2) is 28.9 Å². The first-order valence-electron chi connectivity index (χ1n) is 6.37. The predicted molar refractivity (Wildman–Crippen MR) is 92.1 cm³/mol. The Balaban J connectivity index is 2.21. The van der Waals surface area contributed by atoms with Crippen molar-refractivity contribution >= 4 is 62.1 Å². The Morgan fingerprint density at radius 2 is 2.09 bits per heavy atom. The summed E-state index contributed by atoms with van der Waals surface area (Å²) in [6, 6.07) is 5.19. The van der Waals surface area contributed by atoms with Gasteiger partial charge in [0.1, 0.15) is 16.4 Å². The van der Waals surface area contributed by atoms with E-state index in [0.717, 1.165) is 4.47 Å². The lowest BCUT2D eigenvalue weighted by Gasteiger charge is -2.14. The average molecular weight is 416 g/mol. The molecule has 2 aromatic heterocycles. The molecule has 118 valence electrons. The summed E-state index contributed by atoms with van der Waals surface area (Å²) >= 11 is 15.8. The third-order valence-corrected chi connectivity index (χ3v) is 4.39. The number of rotatable bonds is 3. The van der Waals surface area contributed by atoms with Crippen LogP contribution >= 0.6 is 39.1 Å². The van der Waals surface area contributed by atoms with Crippen molar-refractivity contribution in [1.82, 2.24) is 14.6 Å². The molecule has 23 heavy (non-hydrogen) atoms. The second-order valence-corrected chi connectivity index (χ2v) is 6.43. The van der Waals surface area contributed by atoms with E-state index in [1.807, 2.05) is 0 Å². The van der Waals surface area contributed by atoms with Crippen LogP contribution in [0.1, 0.15) is 16.2 Å². The molecule has 0 saturated heterocycles. The zero-order chi connectivity index (χ0) is 16.7. The van der Waals surface area contributed by atoms with Gasteiger partial charge in [0, 0.05) is 10.7 Å². The maximum absolute atomic E-state index is 11.6. The molecule has 0 aliphatic heterocycles. The van der Waals surface area contributed by atoms with Gasteiger partial charge in [0.15, 0.2) is 5.65 Å². The Morgan fingerprint density at radius 1 is 1.35 bits per heavy atom. The van der Waals surface area contributed by atoms with Crippen LogP contribution in [0.25, 0.3) is 5.65 Å². The molecule has 3 aromatic rings. The first-order chi connectivity index (χ1) is 10.9. The Bertz CT molecular complexity index is 942. The number of carboxylic acids is 1. The van der Waals surface area contributed by atoms with Crippen LogP contribution in [0, 0.1) is 6.92 Å². The summed E-state index contributed by atoms with van der Waals surface area (Å²) in [4.78, 5) is 11.6. The van der Waals surface area contributed by atoms with Gasteiger partial charge in [-0.2, -0.15) is 0 Å². The van der Waals surface area contributed by atoms with E-state index >= 15 is 0 Å². The Kier molecular flexibility index (Phi) is 4.18. The second kappa shape index (κ2) is 5.99. The first-order valence-corrected chi connectivity index (χ1v) is 7.92. The van der Waals surface area contributed by atoms with Gasteiger partial charge in [0.2, 0.25) is 0 Å². The van der Waals surface area contributed by atoms with Crippen LogP contribution in [0.3, 0.4) is 0 Å². The van der Waals surface area contributed by atoms with Crippen LogP contribution < -0.4 is 5.32 Å². The van der Waals surface area contributed by atoms with Gasteiger partial charge >= 0.3 is 5.97 Å². The molecule has 1 aromatic carbocycles.